The lowest BCUT2D eigenvalue weighted by molar-refractivity contribution is -0.117. The first-order valence-corrected chi connectivity index (χ1v) is 11.2. The molecule has 1 N–H and O–H groups in total. The average molecular weight is 489 g/mol. The molecule has 2 fully saturated rings. The molecular formula is C24H39Cl2N3O3. The van der Waals surface area contributed by atoms with Crippen LogP contribution in [-0.2, 0) is 4.79 Å². The van der Waals surface area contributed by atoms with Gasteiger partial charge in [-0.15, -0.1) is 24.8 Å². The van der Waals surface area contributed by atoms with Crippen LogP contribution in [0.5, 0.6) is 11.5 Å². The van der Waals surface area contributed by atoms with Crippen LogP contribution in [0.25, 0.3) is 6.08 Å². The molecule has 6 nitrogen and oxygen atoms in total. The van der Waals surface area contributed by atoms with Crippen LogP contribution in [0.4, 0.5) is 0 Å². The Morgan fingerprint density at radius 1 is 1.09 bits per heavy atom. The van der Waals surface area contributed by atoms with Crippen LogP contribution in [0.15, 0.2) is 24.3 Å². The Balaban J connectivity index is 0.00000256. The fourth-order valence-corrected chi connectivity index (χ4v) is 4.09. The van der Waals surface area contributed by atoms with Crippen LogP contribution in [0.3, 0.4) is 0 Å². The minimum Gasteiger partial charge on any atom is -0.493 e. The Bertz CT molecular complexity index is 716. The largest absolute Gasteiger partial charge is 0.493 e. The highest BCUT2D eigenvalue weighted by Gasteiger charge is 2.19. The van der Waals surface area contributed by atoms with E-state index in [1.54, 1.807) is 13.2 Å². The van der Waals surface area contributed by atoms with Crippen LogP contribution in [-0.4, -0.2) is 75.2 Å². The van der Waals surface area contributed by atoms with Crippen LogP contribution in [0.1, 0.15) is 38.2 Å². The van der Waals surface area contributed by atoms with Gasteiger partial charge in [-0.2, -0.15) is 0 Å². The molecule has 1 amide bonds. The molecule has 182 valence electrons. The first-order valence-electron chi connectivity index (χ1n) is 11.2. The number of halogens is 2. The summed E-state index contributed by atoms with van der Waals surface area (Å²) in [6.07, 6.45) is 7.99. The normalized spacial score (nSPS) is 22.0. The molecule has 0 spiro atoms. The van der Waals surface area contributed by atoms with Gasteiger partial charge in [0, 0.05) is 44.8 Å². The molecular weight excluding hydrogens is 449 g/mol. The van der Waals surface area contributed by atoms with Crippen molar-refractivity contribution in [1.29, 1.82) is 0 Å². The summed E-state index contributed by atoms with van der Waals surface area (Å²) in [5.41, 5.74) is 0.922. The van der Waals surface area contributed by atoms with Crippen molar-refractivity contribution in [3.8, 4) is 11.5 Å². The van der Waals surface area contributed by atoms with Crippen LogP contribution in [0.2, 0.25) is 0 Å². The van der Waals surface area contributed by atoms with Crippen LogP contribution >= 0.6 is 24.8 Å². The Labute approximate surface area is 205 Å². The highest BCUT2D eigenvalue weighted by atomic mass is 35.5. The summed E-state index contributed by atoms with van der Waals surface area (Å²) in [4.78, 5) is 17.0. The third-order valence-electron chi connectivity index (χ3n) is 6.24. The zero-order valence-electron chi connectivity index (χ0n) is 19.5. The number of carbonyl (C=O) groups is 1. The predicted octanol–water partition coefficient (Wildman–Crippen LogP) is 3.87. The van der Waals surface area contributed by atoms with Gasteiger partial charge < -0.3 is 19.7 Å². The standard InChI is InChI=1S/C24H37N3O3.2ClH/c1-19-4-8-21(9-5-19)25-24(28)11-7-20-6-10-22(23(18-20)29-3)30-17-16-27-14-12-26(2)13-15-27;;/h6-7,10-11,18-19,21H,4-5,8-9,12-17H2,1-3H3,(H,25,28);2*1H/t19-,21-;;. The smallest absolute Gasteiger partial charge is 0.244 e. The van der Waals surface area contributed by atoms with E-state index in [0.29, 0.717) is 18.4 Å². The summed E-state index contributed by atoms with van der Waals surface area (Å²) in [5.74, 6) is 2.19. The molecule has 0 aromatic heterocycles. The topological polar surface area (TPSA) is 54.0 Å². The molecule has 2 aliphatic rings. The van der Waals surface area contributed by atoms with Crippen molar-refractivity contribution in [2.24, 2.45) is 5.92 Å². The monoisotopic (exact) mass is 487 g/mol. The summed E-state index contributed by atoms with van der Waals surface area (Å²) >= 11 is 0. The van der Waals surface area contributed by atoms with E-state index in [4.69, 9.17) is 9.47 Å². The van der Waals surface area contributed by atoms with Gasteiger partial charge in [0.25, 0.3) is 0 Å². The van der Waals surface area contributed by atoms with Gasteiger partial charge in [0.2, 0.25) is 5.91 Å². The highest BCUT2D eigenvalue weighted by Crippen LogP contribution is 2.28. The van der Waals surface area contributed by atoms with Crippen molar-refractivity contribution in [1.82, 2.24) is 15.1 Å². The molecule has 1 aliphatic carbocycles. The lowest BCUT2D eigenvalue weighted by Crippen LogP contribution is -2.45. The van der Waals surface area contributed by atoms with E-state index < -0.39 is 0 Å². The van der Waals surface area contributed by atoms with E-state index in [9.17, 15) is 4.79 Å². The molecule has 3 rings (SSSR count). The first kappa shape index (κ1) is 28.6. The summed E-state index contributed by atoms with van der Waals surface area (Å²) in [7, 11) is 3.81. The summed E-state index contributed by atoms with van der Waals surface area (Å²) in [5, 5.41) is 3.12. The SMILES string of the molecule is COc1cc(C=CC(=O)N[C@H]2CC[C@H](C)CC2)ccc1OCCN1CCN(C)CC1.Cl.Cl. The summed E-state index contributed by atoms with van der Waals surface area (Å²) < 4.78 is 11.5. The summed E-state index contributed by atoms with van der Waals surface area (Å²) in [6.45, 7) is 8.22. The molecule has 8 heteroatoms. The van der Waals surface area contributed by atoms with Crippen molar-refractivity contribution in [3.05, 3.63) is 29.8 Å². The van der Waals surface area contributed by atoms with Gasteiger partial charge in [0.1, 0.15) is 6.61 Å². The number of carbonyl (C=O) groups excluding carboxylic acids is 1. The molecule has 0 bridgehead atoms. The van der Waals surface area contributed by atoms with Crippen molar-refractivity contribution in [3.63, 3.8) is 0 Å². The van der Waals surface area contributed by atoms with Gasteiger partial charge in [-0.05, 0) is 62.4 Å². The number of piperazine rings is 1. The Hall–Kier alpha value is -1.47. The molecule has 1 saturated carbocycles. The van der Waals surface area contributed by atoms with Gasteiger partial charge in [-0.1, -0.05) is 13.0 Å². The van der Waals surface area contributed by atoms with Crippen molar-refractivity contribution < 1.29 is 14.3 Å². The number of nitrogens with one attached hydrogen (secondary N) is 1. The number of hydrogen-bond donors (Lipinski definition) is 1. The number of methoxy groups -OCH3 is 1. The van der Waals surface area contributed by atoms with E-state index in [1.807, 2.05) is 24.3 Å². The number of nitrogens with zero attached hydrogens (tertiary/aromatic N) is 2. The minimum atomic E-state index is -0.0268. The first-order chi connectivity index (χ1) is 14.5. The maximum atomic E-state index is 12.2. The molecule has 32 heavy (non-hydrogen) atoms. The second-order valence-corrected chi connectivity index (χ2v) is 8.70. The number of hydrogen-bond acceptors (Lipinski definition) is 5. The summed E-state index contributed by atoms with van der Waals surface area (Å²) in [6, 6.07) is 6.10. The molecule has 1 aromatic rings. The quantitative estimate of drug-likeness (QED) is 0.563. The second kappa shape index (κ2) is 14.6. The zero-order valence-corrected chi connectivity index (χ0v) is 21.2. The number of likely N-dealkylation sites (N-methyl/N-ethyl adjacent to an activating group) is 1. The van der Waals surface area contributed by atoms with E-state index >= 15 is 0 Å². The Morgan fingerprint density at radius 2 is 1.78 bits per heavy atom. The Kier molecular flexibility index (Phi) is 13.1. The van der Waals surface area contributed by atoms with Gasteiger partial charge in [-0.3, -0.25) is 9.69 Å². The van der Waals surface area contributed by atoms with E-state index in [0.717, 1.165) is 62.8 Å². The maximum absolute atomic E-state index is 12.2. The number of benzene rings is 1. The minimum absolute atomic E-state index is 0. The van der Waals surface area contributed by atoms with Gasteiger partial charge in [-0.25, -0.2) is 0 Å². The van der Waals surface area contributed by atoms with Crippen LogP contribution in [0, 0.1) is 5.92 Å². The van der Waals surface area contributed by atoms with E-state index in [2.05, 4.69) is 29.1 Å². The maximum Gasteiger partial charge on any atom is 0.244 e. The number of rotatable bonds is 8. The van der Waals surface area contributed by atoms with Crippen molar-refractivity contribution in [2.75, 3.05) is 53.5 Å². The molecule has 1 saturated heterocycles. The fraction of sp³-hybridized carbons (Fsp3) is 0.625. The number of amides is 1. The fourth-order valence-electron chi connectivity index (χ4n) is 4.09. The molecule has 0 atom stereocenters. The molecule has 1 aromatic carbocycles. The lowest BCUT2D eigenvalue weighted by Gasteiger charge is -2.32. The predicted molar refractivity (Wildman–Crippen MR) is 136 cm³/mol. The third kappa shape index (κ3) is 9.18. The molecule has 1 heterocycles. The highest BCUT2D eigenvalue weighted by molar-refractivity contribution is 5.92. The molecule has 0 unspecified atom stereocenters. The molecule has 1 aliphatic heterocycles. The Morgan fingerprint density at radius 3 is 2.44 bits per heavy atom. The second-order valence-electron chi connectivity index (χ2n) is 8.70. The third-order valence-corrected chi connectivity index (χ3v) is 6.24. The average Bonchev–Trinajstić information content (AvgIpc) is 2.76. The van der Waals surface area contributed by atoms with E-state index in [-0.39, 0.29) is 30.7 Å². The van der Waals surface area contributed by atoms with Crippen molar-refractivity contribution in [2.45, 2.75) is 38.6 Å². The van der Waals surface area contributed by atoms with Crippen molar-refractivity contribution >= 4 is 36.8 Å². The van der Waals surface area contributed by atoms with E-state index in [1.165, 1.54) is 12.8 Å². The molecule has 0 radical (unpaired) electrons. The van der Waals surface area contributed by atoms with Gasteiger partial charge in [0.15, 0.2) is 11.5 Å². The zero-order chi connectivity index (χ0) is 21.3. The number of ether oxygens (including phenoxy) is 2. The van der Waals surface area contributed by atoms with Gasteiger partial charge in [0.05, 0.1) is 7.11 Å². The van der Waals surface area contributed by atoms with Gasteiger partial charge >= 0.3 is 0 Å². The lowest BCUT2D eigenvalue weighted by atomic mass is 9.87. The van der Waals surface area contributed by atoms with Crippen LogP contribution < -0.4 is 14.8 Å².